The first-order valence-electron chi connectivity index (χ1n) is 5.95. The fourth-order valence-corrected chi connectivity index (χ4v) is 2.82. The summed E-state index contributed by atoms with van der Waals surface area (Å²) < 4.78 is 1.10. The van der Waals surface area contributed by atoms with Gasteiger partial charge in [0.25, 0.3) is 0 Å². The molecule has 0 aliphatic carbocycles. The van der Waals surface area contributed by atoms with Crippen LogP contribution >= 0.6 is 11.3 Å². The van der Waals surface area contributed by atoms with Crippen LogP contribution in [-0.4, -0.2) is 21.0 Å². The summed E-state index contributed by atoms with van der Waals surface area (Å²) in [5, 5.41) is 12.8. The van der Waals surface area contributed by atoms with Gasteiger partial charge < -0.3 is 10.4 Å². The molecule has 6 heteroatoms. The zero-order valence-corrected chi connectivity index (χ0v) is 11.4. The lowest BCUT2D eigenvalue weighted by Crippen LogP contribution is -2.00. The van der Waals surface area contributed by atoms with E-state index < -0.39 is 5.97 Å². The molecular weight excluding hydrogens is 274 g/mol. The Hall–Kier alpha value is -2.47. The number of carboxylic acids is 1. The Labute approximate surface area is 118 Å². The first kappa shape index (κ1) is 12.6. The Morgan fingerprint density at radius 2 is 2.15 bits per heavy atom. The number of benzene rings is 1. The highest BCUT2D eigenvalue weighted by atomic mass is 32.1. The Balaban J connectivity index is 1.92. The first-order valence-corrected chi connectivity index (χ1v) is 6.77. The normalized spacial score (nSPS) is 10.7. The van der Waals surface area contributed by atoms with Crippen LogP contribution in [0.25, 0.3) is 10.2 Å². The summed E-state index contributed by atoms with van der Waals surface area (Å²) in [6.45, 7) is 2.04. The molecule has 2 heterocycles. The monoisotopic (exact) mass is 285 g/mol. The maximum atomic E-state index is 10.9. The van der Waals surface area contributed by atoms with E-state index >= 15 is 0 Å². The van der Waals surface area contributed by atoms with Crippen molar-refractivity contribution in [2.24, 2.45) is 0 Å². The molecule has 3 rings (SSSR count). The van der Waals surface area contributed by atoms with Crippen molar-refractivity contribution >= 4 is 38.3 Å². The second kappa shape index (κ2) is 4.90. The molecule has 2 N–H and O–H groups in total. The number of hydrogen-bond acceptors (Lipinski definition) is 5. The Morgan fingerprint density at radius 3 is 2.95 bits per heavy atom. The molecule has 100 valence electrons. The van der Waals surface area contributed by atoms with Gasteiger partial charge in [0.2, 0.25) is 0 Å². The molecule has 0 amide bonds. The van der Waals surface area contributed by atoms with Crippen molar-refractivity contribution in [3.05, 3.63) is 47.8 Å². The average molecular weight is 285 g/mol. The summed E-state index contributed by atoms with van der Waals surface area (Å²) in [5.41, 5.74) is 2.78. The van der Waals surface area contributed by atoms with Crippen LogP contribution in [0.2, 0.25) is 0 Å². The standard InChI is InChI=1S/C14H11N3O2S/c1-8-2-3-10-12(6-8)20-14(17-10)16-9-4-5-15-11(7-9)13(18)19/h2-7H,1H3,(H,18,19)(H,15,16,17). The van der Waals surface area contributed by atoms with Crippen LogP contribution in [0, 0.1) is 6.92 Å². The van der Waals surface area contributed by atoms with Crippen molar-refractivity contribution in [2.75, 3.05) is 5.32 Å². The predicted octanol–water partition coefficient (Wildman–Crippen LogP) is 3.44. The van der Waals surface area contributed by atoms with E-state index in [-0.39, 0.29) is 5.69 Å². The molecule has 2 aromatic heterocycles. The van der Waals surface area contributed by atoms with E-state index in [4.69, 9.17) is 5.11 Å². The molecule has 0 saturated carbocycles. The predicted molar refractivity (Wildman–Crippen MR) is 78.8 cm³/mol. The van der Waals surface area contributed by atoms with Gasteiger partial charge in [-0.3, -0.25) is 0 Å². The highest BCUT2D eigenvalue weighted by molar-refractivity contribution is 7.22. The van der Waals surface area contributed by atoms with Crippen LogP contribution in [0.3, 0.4) is 0 Å². The molecule has 0 aliphatic rings. The third kappa shape index (κ3) is 2.46. The molecule has 5 nitrogen and oxygen atoms in total. The lowest BCUT2D eigenvalue weighted by molar-refractivity contribution is 0.0690. The summed E-state index contributed by atoms with van der Waals surface area (Å²) in [6, 6.07) is 9.26. The third-order valence-corrected chi connectivity index (χ3v) is 3.71. The van der Waals surface area contributed by atoms with Crippen molar-refractivity contribution in [1.82, 2.24) is 9.97 Å². The van der Waals surface area contributed by atoms with E-state index in [2.05, 4.69) is 21.4 Å². The van der Waals surface area contributed by atoms with E-state index in [0.717, 1.165) is 15.3 Å². The summed E-state index contributed by atoms with van der Waals surface area (Å²) in [5.74, 6) is -1.05. The number of nitrogens with zero attached hydrogens (tertiary/aromatic N) is 2. The van der Waals surface area contributed by atoms with Crippen molar-refractivity contribution in [3.8, 4) is 0 Å². The van der Waals surface area contributed by atoms with Gasteiger partial charge in [0.1, 0.15) is 5.69 Å². The molecule has 0 bridgehead atoms. The number of thiazole rings is 1. The number of aryl methyl sites for hydroxylation is 1. The fraction of sp³-hybridized carbons (Fsp3) is 0.0714. The van der Waals surface area contributed by atoms with E-state index in [0.29, 0.717) is 5.69 Å². The number of rotatable bonds is 3. The lowest BCUT2D eigenvalue weighted by atomic mass is 10.2. The maximum Gasteiger partial charge on any atom is 0.354 e. The summed E-state index contributed by atoms with van der Waals surface area (Å²) in [4.78, 5) is 19.1. The molecule has 3 aromatic rings. The molecule has 0 saturated heterocycles. The number of carbonyl (C=O) groups is 1. The van der Waals surface area contributed by atoms with Crippen molar-refractivity contribution in [1.29, 1.82) is 0 Å². The smallest absolute Gasteiger partial charge is 0.354 e. The number of carboxylic acid groups (broad SMARTS) is 1. The summed E-state index contributed by atoms with van der Waals surface area (Å²) in [7, 11) is 0. The van der Waals surface area contributed by atoms with Crippen molar-refractivity contribution < 1.29 is 9.90 Å². The van der Waals surface area contributed by atoms with Crippen LogP contribution in [0.5, 0.6) is 0 Å². The zero-order valence-electron chi connectivity index (χ0n) is 10.6. The molecule has 0 atom stereocenters. The average Bonchev–Trinajstić information content (AvgIpc) is 2.80. The molecule has 0 aliphatic heterocycles. The number of aromatic carboxylic acids is 1. The lowest BCUT2D eigenvalue weighted by Gasteiger charge is -2.02. The molecule has 0 unspecified atom stereocenters. The van der Waals surface area contributed by atoms with Crippen LogP contribution in [0.1, 0.15) is 16.1 Å². The van der Waals surface area contributed by atoms with E-state index in [1.807, 2.05) is 19.1 Å². The van der Waals surface area contributed by atoms with E-state index in [9.17, 15) is 4.79 Å². The minimum Gasteiger partial charge on any atom is -0.477 e. The summed E-state index contributed by atoms with van der Waals surface area (Å²) in [6.07, 6.45) is 1.46. The largest absolute Gasteiger partial charge is 0.477 e. The van der Waals surface area contributed by atoms with Crippen LogP contribution in [0.15, 0.2) is 36.5 Å². The zero-order chi connectivity index (χ0) is 14.1. The van der Waals surface area contributed by atoms with E-state index in [1.54, 1.807) is 6.07 Å². The number of pyridine rings is 1. The molecule has 20 heavy (non-hydrogen) atoms. The van der Waals surface area contributed by atoms with Gasteiger partial charge in [-0.25, -0.2) is 14.8 Å². The van der Waals surface area contributed by atoms with Gasteiger partial charge in [0, 0.05) is 11.9 Å². The Kier molecular flexibility index (Phi) is 3.08. The van der Waals surface area contributed by atoms with E-state index in [1.165, 1.54) is 29.2 Å². The first-order chi connectivity index (χ1) is 9.61. The Bertz CT molecular complexity index is 798. The number of fused-ring (bicyclic) bond motifs is 1. The molecule has 0 radical (unpaired) electrons. The molecule has 0 spiro atoms. The second-order valence-corrected chi connectivity index (χ2v) is 5.38. The van der Waals surface area contributed by atoms with Gasteiger partial charge in [0.15, 0.2) is 5.13 Å². The van der Waals surface area contributed by atoms with Gasteiger partial charge in [-0.1, -0.05) is 17.4 Å². The van der Waals surface area contributed by atoms with Gasteiger partial charge in [-0.05, 0) is 36.8 Å². The second-order valence-electron chi connectivity index (χ2n) is 4.35. The van der Waals surface area contributed by atoms with Gasteiger partial charge in [-0.15, -0.1) is 0 Å². The van der Waals surface area contributed by atoms with Gasteiger partial charge in [-0.2, -0.15) is 0 Å². The van der Waals surface area contributed by atoms with Crippen molar-refractivity contribution in [2.45, 2.75) is 6.92 Å². The number of anilines is 2. The highest BCUT2D eigenvalue weighted by Crippen LogP contribution is 2.28. The van der Waals surface area contributed by atoms with Crippen LogP contribution in [0.4, 0.5) is 10.8 Å². The molecule has 1 aromatic carbocycles. The molecule has 0 fully saturated rings. The number of hydrogen-bond donors (Lipinski definition) is 2. The fourth-order valence-electron chi connectivity index (χ4n) is 1.83. The summed E-state index contributed by atoms with van der Waals surface area (Å²) >= 11 is 1.53. The Morgan fingerprint density at radius 1 is 1.30 bits per heavy atom. The SMILES string of the molecule is Cc1ccc2nc(Nc3ccnc(C(=O)O)c3)sc2c1. The maximum absolute atomic E-state index is 10.9. The van der Waals surface area contributed by atoms with Crippen LogP contribution < -0.4 is 5.32 Å². The van der Waals surface area contributed by atoms with Gasteiger partial charge >= 0.3 is 5.97 Å². The third-order valence-electron chi connectivity index (χ3n) is 2.77. The van der Waals surface area contributed by atoms with Gasteiger partial charge in [0.05, 0.1) is 10.2 Å². The highest BCUT2D eigenvalue weighted by Gasteiger charge is 2.07. The quantitative estimate of drug-likeness (QED) is 0.771. The molecular formula is C14H11N3O2S. The van der Waals surface area contributed by atoms with Crippen LogP contribution in [-0.2, 0) is 0 Å². The minimum atomic E-state index is -1.05. The number of aromatic nitrogens is 2. The topological polar surface area (TPSA) is 75.1 Å². The van der Waals surface area contributed by atoms with Crippen molar-refractivity contribution in [3.63, 3.8) is 0 Å². The number of nitrogens with one attached hydrogen (secondary N) is 1. The minimum absolute atomic E-state index is 0.00644.